The summed E-state index contributed by atoms with van der Waals surface area (Å²) in [4.78, 5) is 24.8. The molecule has 98 valence electrons. The molecule has 0 aromatic carbocycles. The molecule has 0 spiro atoms. The molecular weight excluding hydrogens is 220 g/mol. The van der Waals surface area contributed by atoms with E-state index in [4.69, 9.17) is 4.74 Å². The average molecular weight is 242 g/mol. The maximum Gasteiger partial charge on any atom is 0.307 e. The number of nitrogens with one attached hydrogen (secondary N) is 1. The van der Waals surface area contributed by atoms with Crippen molar-refractivity contribution in [2.24, 2.45) is 0 Å². The molecule has 1 aliphatic heterocycles. The maximum absolute atomic E-state index is 11.9. The van der Waals surface area contributed by atoms with Crippen LogP contribution in [0, 0.1) is 0 Å². The molecule has 0 aromatic rings. The highest BCUT2D eigenvalue weighted by molar-refractivity contribution is 5.84. The van der Waals surface area contributed by atoms with E-state index in [-0.39, 0.29) is 24.3 Å². The summed E-state index contributed by atoms with van der Waals surface area (Å²) in [6, 6.07) is 0.214. The van der Waals surface area contributed by atoms with Gasteiger partial charge in [0.15, 0.2) is 0 Å². The first-order chi connectivity index (χ1) is 8.04. The number of hydrogen-bond acceptors (Lipinski definition) is 4. The van der Waals surface area contributed by atoms with E-state index < -0.39 is 0 Å². The number of amides is 1. The zero-order valence-corrected chi connectivity index (χ0v) is 10.9. The Bertz CT molecular complexity index is 279. The van der Waals surface area contributed by atoms with E-state index in [9.17, 15) is 9.59 Å². The molecule has 1 aliphatic rings. The van der Waals surface area contributed by atoms with Gasteiger partial charge in [-0.2, -0.15) is 0 Å². The summed E-state index contributed by atoms with van der Waals surface area (Å²) >= 11 is 0. The van der Waals surface area contributed by atoms with E-state index in [0.717, 1.165) is 13.0 Å². The monoisotopic (exact) mass is 242 g/mol. The molecule has 1 N–H and O–H groups in total. The summed E-state index contributed by atoms with van der Waals surface area (Å²) in [5.41, 5.74) is 0. The van der Waals surface area contributed by atoms with Gasteiger partial charge in [-0.25, -0.2) is 0 Å². The van der Waals surface area contributed by atoms with Crippen LogP contribution in [0.4, 0.5) is 0 Å². The van der Waals surface area contributed by atoms with Crippen LogP contribution in [0.25, 0.3) is 0 Å². The van der Waals surface area contributed by atoms with E-state index in [1.807, 2.05) is 13.8 Å². The maximum atomic E-state index is 11.9. The number of nitrogens with zero attached hydrogens (tertiary/aromatic N) is 1. The lowest BCUT2D eigenvalue weighted by molar-refractivity contribution is -0.143. The lowest BCUT2D eigenvalue weighted by atomic mass is 10.2. The third kappa shape index (κ3) is 4.34. The van der Waals surface area contributed by atoms with Gasteiger partial charge >= 0.3 is 5.97 Å². The van der Waals surface area contributed by atoms with Gasteiger partial charge in [0.2, 0.25) is 5.91 Å². The van der Waals surface area contributed by atoms with Crippen molar-refractivity contribution in [3.63, 3.8) is 0 Å². The standard InChI is InChI=1S/C12H22N2O3/c1-4-17-11(15)6-8-14-7-5-10(12(14)16)13-9(2)3/h9-10,13H,4-8H2,1-3H3. The number of ether oxygens (including phenoxy) is 1. The molecule has 1 saturated heterocycles. The normalized spacial score (nSPS) is 20.1. The molecule has 0 aromatic heterocycles. The molecule has 17 heavy (non-hydrogen) atoms. The minimum absolute atomic E-state index is 0.0859. The van der Waals surface area contributed by atoms with Crippen LogP contribution in [0.3, 0.4) is 0 Å². The minimum Gasteiger partial charge on any atom is -0.466 e. The number of carbonyl (C=O) groups is 2. The molecular formula is C12H22N2O3. The topological polar surface area (TPSA) is 58.6 Å². The molecule has 1 fully saturated rings. The molecule has 1 heterocycles. The Morgan fingerprint density at radius 2 is 2.29 bits per heavy atom. The first-order valence-electron chi connectivity index (χ1n) is 6.25. The highest BCUT2D eigenvalue weighted by Gasteiger charge is 2.31. The number of rotatable bonds is 6. The minimum atomic E-state index is -0.236. The molecule has 0 saturated carbocycles. The van der Waals surface area contributed by atoms with Crippen molar-refractivity contribution in [3.05, 3.63) is 0 Å². The smallest absolute Gasteiger partial charge is 0.307 e. The molecule has 0 radical (unpaired) electrons. The zero-order valence-electron chi connectivity index (χ0n) is 10.9. The first-order valence-corrected chi connectivity index (χ1v) is 6.25. The molecule has 0 aliphatic carbocycles. The zero-order chi connectivity index (χ0) is 12.8. The van der Waals surface area contributed by atoms with Crippen molar-refractivity contribution in [2.45, 2.75) is 45.7 Å². The van der Waals surface area contributed by atoms with Crippen molar-refractivity contribution in [1.29, 1.82) is 0 Å². The number of carbonyl (C=O) groups excluding carboxylic acids is 2. The second-order valence-electron chi connectivity index (χ2n) is 4.54. The van der Waals surface area contributed by atoms with Crippen LogP contribution >= 0.6 is 0 Å². The fourth-order valence-corrected chi connectivity index (χ4v) is 1.98. The lowest BCUT2D eigenvalue weighted by Crippen LogP contribution is -2.41. The Balaban J connectivity index is 2.32. The van der Waals surface area contributed by atoms with E-state index >= 15 is 0 Å². The Hall–Kier alpha value is -1.10. The summed E-state index contributed by atoms with van der Waals surface area (Å²) < 4.78 is 4.84. The number of esters is 1. The van der Waals surface area contributed by atoms with Gasteiger partial charge in [0.25, 0.3) is 0 Å². The Morgan fingerprint density at radius 1 is 1.59 bits per heavy atom. The SMILES string of the molecule is CCOC(=O)CCN1CCC(NC(C)C)C1=O. The van der Waals surface area contributed by atoms with Crippen LogP contribution in [0.1, 0.15) is 33.6 Å². The van der Waals surface area contributed by atoms with E-state index in [0.29, 0.717) is 19.2 Å². The fraction of sp³-hybridized carbons (Fsp3) is 0.833. The second-order valence-corrected chi connectivity index (χ2v) is 4.54. The van der Waals surface area contributed by atoms with Gasteiger partial charge in [-0.05, 0) is 13.3 Å². The number of likely N-dealkylation sites (tertiary alicyclic amines) is 1. The predicted octanol–water partition coefficient (Wildman–Crippen LogP) is 0.539. The van der Waals surface area contributed by atoms with Gasteiger partial charge in [-0.1, -0.05) is 13.8 Å². The van der Waals surface area contributed by atoms with Crippen molar-refractivity contribution in [1.82, 2.24) is 10.2 Å². The van der Waals surface area contributed by atoms with Crippen molar-refractivity contribution in [3.8, 4) is 0 Å². The molecule has 1 rings (SSSR count). The summed E-state index contributed by atoms with van der Waals surface area (Å²) in [7, 11) is 0. The summed E-state index contributed by atoms with van der Waals surface area (Å²) in [6.45, 7) is 7.41. The predicted molar refractivity (Wildman–Crippen MR) is 64.5 cm³/mol. The third-order valence-electron chi connectivity index (χ3n) is 2.72. The van der Waals surface area contributed by atoms with Gasteiger partial charge in [0.05, 0.1) is 19.1 Å². The van der Waals surface area contributed by atoms with Crippen molar-refractivity contribution >= 4 is 11.9 Å². The van der Waals surface area contributed by atoms with E-state index in [2.05, 4.69) is 5.32 Å². The molecule has 1 atom stereocenters. The van der Waals surface area contributed by atoms with Crippen LogP contribution in [0.15, 0.2) is 0 Å². The Labute approximate surface area is 102 Å². The van der Waals surface area contributed by atoms with Crippen LogP contribution in [0.2, 0.25) is 0 Å². The average Bonchev–Trinajstić information content (AvgIpc) is 2.58. The quantitative estimate of drug-likeness (QED) is 0.691. The van der Waals surface area contributed by atoms with Crippen LogP contribution < -0.4 is 5.32 Å². The first kappa shape index (κ1) is 14.0. The van der Waals surface area contributed by atoms with Gasteiger partial charge in [-0.15, -0.1) is 0 Å². The van der Waals surface area contributed by atoms with E-state index in [1.54, 1.807) is 11.8 Å². The molecule has 1 unspecified atom stereocenters. The fourth-order valence-electron chi connectivity index (χ4n) is 1.98. The molecule has 5 nitrogen and oxygen atoms in total. The van der Waals surface area contributed by atoms with E-state index in [1.165, 1.54) is 0 Å². The van der Waals surface area contributed by atoms with Crippen LogP contribution in [0.5, 0.6) is 0 Å². The highest BCUT2D eigenvalue weighted by Crippen LogP contribution is 2.12. The van der Waals surface area contributed by atoms with Crippen LogP contribution in [-0.2, 0) is 14.3 Å². The second kappa shape index (κ2) is 6.59. The van der Waals surface area contributed by atoms with Gasteiger partial charge in [-0.3, -0.25) is 9.59 Å². The third-order valence-corrected chi connectivity index (χ3v) is 2.72. The Kier molecular flexibility index (Phi) is 5.41. The van der Waals surface area contributed by atoms with Crippen molar-refractivity contribution in [2.75, 3.05) is 19.7 Å². The number of hydrogen-bond donors (Lipinski definition) is 1. The molecule has 5 heteroatoms. The molecule has 0 bridgehead atoms. The van der Waals surface area contributed by atoms with Crippen LogP contribution in [-0.4, -0.2) is 48.6 Å². The van der Waals surface area contributed by atoms with Crippen molar-refractivity contribution < 1.29 is 14.3 Å². The van der Waals surface area contributed by atoms with Gasteiger partial charge in [0, 0.05) is 19.1 Å². The molecule has 1 amide bonds. The Morgan fingerprint density at radius 3 is 2.88 bits per heavy atom. The lowest BCUT2D eigenvalue weighted by Gasteiger charge is -2.17. The highest BCUT2D eigenvalue weighted by atomic mass is 16.5. The summed E-state index contributed by atoms with van der Waals surface area (Å²) in [5.74, 6) is -0.136. The summed E-state index contributed by atoms with van der Waals surface area (Å²) in [5, 5.41) is 3.23. The largest absolute Gasteiger partial charge is 0.466 e. The summed E-state index contributed by atoms with van der Waals surface area (Å²) in [6.07, 6.45) is 1.10. The van der Waals surface area contributed by atoms with Gasteiger partial charge < -0.3 is 15.0 Å². The van der Waals surface area contributed by atoms with Gasteiger partial charge in [0.1, 0.15) is 0 Å².